The van der Waals surface area contributed by atoms with Gasteiger partial charge in [-0.3, -0.25) is 10.1 Å². The largest absolute Gasteiger partial charge is 0.490 e. The summed E-state index contributed by atoms with van der Waals surface area (Å²) in [5, 5.41) is 2.27. The lowest BCUT2D eigenvalue weighted by Gasteiger charge is -2.26. The van der Waals surface area contributed by atoms with Crippen molar-refractivity contribution < 1.29 is 27.1 Å². The molecule has 1 aliphatic heterocycles. The molecular formula is C21H30FN3O5S. The highest BCUT2D eigenvalue weighted by Gasteiger charge is 2.24. The van der Waals surface area contributed by atoms with Gasteiger partial charge < -0.3 is 9.64 Å². The molecule has 0 aromatic heterocycles. The summed E-state index contributed by atoms with van der Waals surface area (Å²) in [6.07, 6.45) is 4.24. The molecule has 2 N–H and O–H groups in total. The molecule has 2 fully saturated rings. The van der Waals surface area contributed by atoms with Gasteiger partial charge in [-0.15, -0.1) is 0 Å². The Kier molecular flexibility index (Phi) is 7.88. The second kappa shape index (κ2) is 10.4. The van der Waals surface area contributed by atoms with Gasteiger partial charge in [-0.05, 0) is 56.2 Å². The summed E-state index contributed by atoms with van der Waals surface area (Å²) in [5.74, 6) is -0.111. The summed E-state index contributed by atoms with van der Waals surface area (Å²) in [6.45, 7) is 3.08. The molecule has 3 amide bonds. The quantitative estimate of drug-likeness (QED) is 0.472. The Balaban J connectivity index is 1.40. The minimum absolute atomic E-state index is 0.0335. The Morgan fingerprint density at radius 1 is 1.26 bits per heavy atom. The smallest absolute Gasteiger partial charge is 0.324 e. The van der Waals surface area contributed by atoms with E-state index >= 15 is 0 Å². The monoisotopic (exact) mass is 455 g/mol. The van der Waals surface area contributed by atoms with Gasteiger partial charge in [-0.2, -0.15) is 0 Å². The number of urea groups is 1. The van der Waals surface area contributed by atoms with E-state index in [9.17, 15) is 22.4 Å². The van der Waals surface area contributed by atoms with Gasteiger partial charge >= 0.3 is 6.03 Å². The van der Waals surface area contributed by atoms with E-state index < -0.39 is 21.9 Å². The molecule has 10 heteroatoms. The van der Waals surface area contributed by atoms with Crippen LogP contribution in [0.4, 0.5) is 9.18 Å². The van der Waals surface area contributed by atoms with E-state index in [2.05, 4.69) is 10.0 Å². The first-order chi connectivity index (χ1) is 14.7. The van der Waals surface area contributed by atoms with Gasteiger partial charge in [0.2, 0.25) is 15.9 Å². The maximum absolute atomic E-state index is 14.0. The standard InChI is InChI=1S/C21H30FN3O5S/c1-15(17-7-8-18(22)19(13-17)30-14-16-5-6-16)24-31(28,29)12-4-2-3-10-25-11-9-20(26)23-21(25)27/h7-8,13,15-16,24H,2-6,9-12,14H2,1H3,(H,23,26,27). The first kappa shape index (κ1) is 23.5. The molecule has 1 saturated heterocycles. The number of hydrogen-bond acceptors (Lipinski definition) is 5. The van der Waals surface area contributed by atoms with Crippen LogP contribution in [-0.2, 0) is 14.8 Å². The third-order valence-electron chi connectivity index (χ3n) is 5.47. The van der Waals surface area contributed by atoms with Crippen LogP contribution in [0.15, 0.2) is 18.2 Å². The average Bonchev–Trinajstić information content (AvgIpc) is 3.52. The van der Waals surface area contributed by atoms with E-state index in [1.807, 2.05) is 0 Å². The number of nitrogens with zero attached hydrogens (tertiary/aromatic N) is 1. The fraction of sp³-hybridized carbons (Fsp3) is 0.619. The summed E-state index contributed by atoms with van der Waals surface area (Å²) < 4.78 is 46.9. The lowest BCUT2D eigenvalue weighted by atomic mass is 10.1. The SMILES string of the molecule is CC(NS(=O)(=O)CCCCCN1CCC(=O)NC1=O)c1ccc(F)c(OCC2CC2)c1. The highest BCUT2D eigenvalue weighted by atomic mass is 32.2. The van der Waals surface area contributed by atoms with Crippen LogP contribution in [0.3, 0.4) is 0 Å². The number of carbonyl (C=O) groups is 2. The second-order valence-corrected chi connectivity index (χ2v) is 10.1. The molecule has 1 heterocycles. The third-order valence-corrected chi connectivity index (χ3v) is 7.01. The Morgan fingerprint density at radius 3 is 2.74 bits per heavy atom. The topological polar surface area (TPSA) is 105 Å². The number of nitrogens with one attached hydrogen (secondary N) is 2. The molecule has 1 aromatic carbocycles. The van der Waals surface area contributed by atoms with Gasteiger partial charge in [-0.25, -0.2) is 22.3 Å². The Morgan fingerprint density at radius 2 is 2.03 bits per heavy atom. The molecule has 1 unspecified atom stereocenters. The van der Waals surface area contributed by atoms with Crippen LogP contribution >= 0.6 is 0 Å². The number of hydrogen-bond donors (Lipinski definition) is 2. The Labute approximate surface area is 182 Å². The van der Waals surface area contributed by atoms with Gasteiger partial charge in [0.05, 0.1) is 12.4 Å². The van der Waals surface area contributed by atoms with Crippen molar-refractivity contribution in [1.29, 1.82) is 0 Å². The number of amides is 3. The van der Waals surface area contributed by atoms with Crippen molar-refractivity contribution in [3.63, 3.8) is 0 Å². The Hall–Kier alpha value is -2.20. The minimum Gasteiger partial charge on any atom is -0.490 e. The van der Waals surface area contributed by atoms with Crippen LogP contribution in [0, 0.1) is 11.7 Å². The maximum atomic E-state index is 14.0. The predicted molar refractivity (Wildman–Crippen MR) is 114 cm³/mol. The molecule has 1 aliphatic carbocycles. The highest BCUT2D eigenvalue weighted by molar-refractivity contribution is 7.89. The van der Waals surface area contributed by atoms with Gasteiger partial charge in [-0.1, -0.05) is 12.5 Å². The predicted octanol–water partition coefficient (Wildman–Crippen LogP) is 2.71. The molecule has 0 spiro atoms. The molecule has 1 atom stereocenters. The summed E-state index contributed by atoms with van der Waals surface area (Å²) in [7, 11) is -3.51. The number of imide groups is 1. The van der Waals surface area contributed by atoms with E-state index in [-0.39, 0.29) is 23.4 Å². The zero-order chi connectivity index (χ0) is 22.4. The molecule has 0 radical (unpaired) electrons. The third kappa shape index (κ3) is 7.46. The second-order valence-electron chi connectivity index (χ2n) is 8.25. The van der Waals surface area contributed by atoms with E-state index in [0.717, 1.165) is 12.8 Å². The van der Waals surface area contributed by atoms with Crippen molar-refractivity contribution in [2.75, 3.05) is 25.4 Å². The summed E-state index contributed by atoms with van der Waals surface area (Å²) in [4.78, 5) is 24.4. The van der Waals surface area contributed by atoms with Gasteiger partial charge in [0.25, 0.3) is 0 Å². The van der Waals surface area contributed by atoms with Gasteiger partial charge in [0.15, 0.2) is 11.6 Å². The molecular weight excluding hydrogens is 425 g/mol. The molecule has 3 rings (SSSR count). The van der Waals surface area contributed by atoms with Crippen molar-refractivity contribution in [2.24, 2.45) is 5.92 Å². The van der Waals surface area contributed by atoms with Crippen LogP contribution in [0.1, 0.15) is 57.1 Å². The molecule has 2 aliphatic rings. The highest BCUT2D eigenvalue weighted by Crippen LogP contribution is 2.31. The molecule has 172 valence electrons. The van der Waals surface area contributed by atoms with Crippen molar-refractivity contribution in [2.45, 2.75) is 51.5 Å². The normalized spacial score (nSPS) is 18.1. The van der Waals surface area contributed by atoms with Crippen LogP contribution in [0.2, 0.25) is 0 Å². The molecule has 8 nitrogen and oxygen atoms in total. The summed E-state index contributed by atoms with van der Waals surface area (Å²) >= 11 is 0. The Bertz CT molecular complexity index is 904. The fourth-order valence-electron chi connectivity index (χ4n) is 3.37. The minimum atomic E-state index is -3.51. The van der Waals surface area contributed by atoms with Crippen LogP contribution in [0.5, 0.6) is 5.75 Å². The molecule has 1 saturated carbocycles. The molecule has 0 bridgehead atoms. The zero-order valence-electron chi connectivity index (χ0n) is 17.7. The zero-order valence-corrected chi connectivity index (χ0v) is 18.5. The van der Waals surface area contributed by atoms with E-state index in [0.29, 0.717) is 56.9 Å². The van der Waals surface area contributed by atoms with Crippen LogP contribution in [-0.4, -0.2) is 50.7 Å². The van der Waals surface area contributed by atoms with E-state index in [1.54, 1.807) is 24.0 Å². The maximum Gasteiger partial charge on any atom is 0.324 e. The lowest BCUT2D eigenvalue weighted by Crippen LogP contribution is -2.49. The number of rotatable bonds is 12. The molecule has 31 heavy (non-hydrogen) atoms. The van der Waals surface area contributed by atoms with Crippen molar-refractivity contribution >= 4 is 22.0 Å². The lowest BCUT2D eigenvalue weighted by molar-refractivity contribution is -0.121. The van der Waals surface area contributed by atoms with E-state index in [1.165, 1.54) is 6.07 Å². The van der Waals surface area contributed by atoms with E-state index in [4.69, 9.17) is 4.74 Å². The number of unbranched alkanes of at least 4 members (excludes halogenated alkanes) is 2. The first-order valence-corrected chi connectivity index (χ1v) is 12.4. The number of benzene rings is 1. The number of carbonyl (C=O) groups excluding carboxylic acids is 2. The van der Waals surface area contributed by atoms with Crippen molar-refractivity contribution in [1.82, 2.24) is 14.9 Å². The number of ether oxygens (including phenoxy) is 1. The fourth-order valence-corrected chi connectivity index (χ4v) is 4.75. The first-order valence-electron chi connectivity index (χ1n) is 10.7. The summed E-state index contributed by atoms with van der Waals surface area (Å²) in [5.41, 5.74) is 0.640. The number of sulfonamides is 1. The summed E-state index contributed by atoms with van der Waals surface area (Å²) in [6, 6.07) is 3.51. The van der Waals surface area contributed by atoms with Crippen molar-refractivity contribution in [3.05, 3.63) is 29.6 Å². The van der Waals surface area contributed by atoms with Gasteiger partial charge in [0, 0.05) is 25.6 Å². The molecule has 1 aromatic rings. The number of halogens is 1. The van der Waals surface area contributed by atoms with Gasteiger partial charge in [0.1, 0.15) is 0 Å². The van der Waals surface area contributed by atoms with Crippen LogP contribution < -0.4 is 14.8 Å². The van der Waals surface area contributed by atoms with Crippen molar-refractivity contribution in [3.8, 4) is 5.75 Å². The van der Waals surface area contributed by atoms with Crippen LogP contribution in [0.25, 0.3) is 0 Å². The average molecular weight is 456 g/mol.